The first-order chi connectivity index (χ1) is 15.2. The summed E-state index contributed by atoms with van der Waals surface area (Å²) in [5.74, 6) is 2.83. The second-order valence-electron chi connectivity index (χ2n) is 7.42. The minimum atomic E-state index is 0.0961. The molecule has 0 radical (unpaired) electrons. The van der Waals surface area contributed by atoms with Crippen LogP contribution in [0.15, 0.2) is 60.9 Å². The van der Waals surface area contributed by atoms with E-state index in [9.17, 15) is 5.26 Å². The van der Waals surface area contributed by atoms with Gasteiger partial charge in [0.15, 0.2) is 0 Å². The summed E-state index contributed by atoms with van der Waals surface area (Å²) in [4.78, 5) is 11.8. The fraction of sp³-hybridized carbons (Fsp3) is 0.217. The largest absolute Gasteiger partial charge is 0.457 e. The maximum atomic E-state index is 9.25. The number of aromatic nitrogens is 4. The van der Waals surface area contributed by atoms with Crippen molar-refractivity contribution in [3.05, 3.63) is 65.9 Å². The van der Waals surface area contributed by atoms with Crippen molar-refractivity contribution in [2.24, 2.45) is 5.92 Å². The van der Waals surface area contributed by atoms with Crippen LogP contribution in [0.5, 0.6) is 11.5 Å². The molecule has 1 aliphatic rings. The smallest absolute Gasteiger partial charge is 0.253 e. The molecule has 7 nitrogen and oxygen atoms in total. The molecule has 0 saturated carbocycles. The Hall–Kier alpha value is -3.63. The third-order valence-corrected chi connectivity index (χ3v) is 5.62. The summed E-state index contributed by atoms with van der Waals surface area (Å²) in [6.45, 7) is 1.54. The van der Waals surface area contributed by atoms with Crippen LogP contribution in [0.4, 0.5) is 5.82 Å². The van der Waals surface area contributed by atoms with E-state index in [1.807, 2.05) is 42.6 Å². The predicted octanol–water partition coefficient (Wildman–Crippen LogP) is 5.00. The van der Waals surface area contributed by atoms with Gasteiger partial charge < -0.3 is 9.64 Å². The second-order valence-corrected chi connectivity index (χ2v) is 7.86. The number of hydrogen-bond acceptors (Lipinski definition) is 6. The molecule has 8 heteroatoms. The molecule has 2 aromatic carbocycles. The monoisotopic (exact) mass is 430 g/mol. The molecule has 0 spiro atoms. The Labute approximate surface area is 184 Å². The van der Waals surface area contributed by atoms with Gasteiger partial charge in [-0.3, -0.25) is 0 Å². The van der Waals surface area contributed by atoms with E-state index in [4.69, 9.17) is 26.3 Å². The number of benzene rings is 2. The van der Waals surface area contributed by atoms with Crippen LogP contribution in [0, 0.1) is 17.2 Å². The molecule has 1 fully saturated rings. The topological polar surface area (TPSA) is 79.9 Å². The molecule has 3 heterocycles. The third-order valence-electron chi connectivity index (χ3n) is 5.37. The van der Waals surface area contributed by atoms with Crippen molar-refractivity contribution >= 4 is 28.3 Å². The zero-order chi connectivity index (χ0) is 21.2. The van der Waals surface area contributed by atoms with Gasteiger partial charge >= 0.3 is 0 Å². The molecule has 5 rings (SSSR count). The van der Waals surface area contributed by atoms with Gasteiger partial charge in [-0.05, 0) is 61.4 Å². The standard InChI is InChI=1S/C23H19ClN6O/c24-17-2-4-18(5-3-17)31-19-6-7-21-20(14-19)22(29-12-8-16(15-25)9-13-29)28-23(27-21)30-11-1-10-26-30/h1-7,10-11,14,16H,8-9,12-13H2. The summed E-state index contributed by atoms with van der Waals surface area (Å²) < 4.78 is 7.68. The Morgan fingerprint density at radius 3 is 2.52 bits per heavy atom. The van der Waals surface area contributed by atoms with Gasteiger partial charge in [0.1, 0.15) is 17.3 Å². The molecule has 0 amide bonds. The van der Waals surface area contributed by atoms with Crippen LogP contribution < -0.4 is 9.64 Å². The van der Waals surface area contributed by atoms with E-state index in [1.54, 1.807) is 23.0 Å². The lowest BCUT2D eigenvalue weighted by Gasteiger charge is -2.31. The summed E-state index contributed by atoms with van der Waals surface area (Å²) in [5.41, 5.74) is 0.807. The normalized spacial score (nSPS) is 14.5. The minimum Gasteiger partial charge on any atom is -0.457 e. The molecule has 4 aromatic rings. The Morgan fingerprint density at radius 2 is 1.81 bits per heavy atom. The van der Waals surface area contributed by atoms with E-state index in [-0.39, 0.29) is 5.92 Å². The van der Waals surface area contributed by atoms with Gasteiger partial charge in [0.25, 0.3) is 5.95 Å². The van der Waals surface area contributed by atoms with Crippen LogP contribution in [-0.2, 0) is 0 Å². The van der Waals surface area contributed by atoms with Crippen molar-refractivity contribution < 1.29 is 4.74 Å². The summed E-state index contributed by atoms with van der Waals surface area (Å²) in [7, 11) is 0. The highest BCUT2D eigenvalue weighted by molar-refractivity contribution is 6.30. The lowest BCUT2D eigenvalue weighted by atomic mass is 9.98. The van der Waals surface area contributed by atoms with E-state index in [2.05, 4.69) is 16.1 Å². The molecule has 0 atom stereocenters. The van der Waals surface area contributed by atoms with Gasteiger partial charge in [0, 0.05) is 41.8 Å². The van der Waals surface area contributed by atoms with Gasteiger partial charge in [-0.2, -0.15) is 15.3 Å². The Balaban J connectivity index is 1.56. The van der Waals surface area contributed by atoms with Crippen LogP contribution in [0.1, 0.15) is 12.8 Å². The molecule has 31 heavy (non-hydrogen) atoms. The van der Waals surface area contributed by atoms with Gasteiger partial charge in [0.05, 0.1) is 11.6 Å². The molecule has 154 valence electrons. The number of nitriles is 1. The fourth-order valence-corrected chi connectivity index (χ4v) is 3.86. The van der Waals surface area contributed by atoms with Crippen LogP contribution in [-0.4, -0.2) is 32.8 Å². The molecule has 0 aliphatic carbocycles. The van der Waals surface area contributed by atoms with Gasteiger partial charge in [-0.1, -0.05) is 11.6 Å². The molecular weight excluding hydrogens is 412 g/mol. The van der Waals surface area contributed by atoms with E-state index < -0.39 is 0 Å². The maximum Gasteiger partial charge on any atom is 0.253 e. The molecule has 1 saturated heterocycles. The van der Waals surface area contributed by atoms with Crippen molar-refractivity contribution in [1.82, 2.24) is 19.7 Å². The molecule has 1 aliphatic heterocycles. The van der Waals surface area contributed by atoms with E-state index >= 15 is 0 Å². The van der Waals surface area contributed by atoms with Crippen LogP contribution in [0.3, 0.4) is 0 Å². The first kappa shape index (κ1) is 19.3. The lowest BCUT2D eigenvalue weighted by molar-refractivity contribution is 0.482. The first-order valence-corrected chi connectivity index (χ1v) is 10.5. The zero-order valence-electron chi connectivity index (χ0n) is 16.6. The number of fused-ring (bicyclic) bond motifs is 1. The van der Waals surface area contributed by atoms with Crippen LogP contribution in [0.2, 0.25) is 5.02 Å². The Kier molecular flexibility index (Phi) is 5.14. The number of halogens is 1. The SMILES string of the molecule is N#CC1CCN(c2nc(-n3cccn3)nc3ccc(Oc4ccc(Cl)cc4)cc23)CC1. The van der Waals surface area contributed by atoms with Crippen LogP contribution >= 0.6 is 11.6 Å². The van der Waals surface area contributed by atoms with Gasteiger partial charge in [0.2, 0.25) is 0 Å². The van der Waals surface area contributed by atoms with Gasteiger partial charge in [-0.15, -0.1) is 0 Å². The molecule has 0 bridgehead atoms. The lowest BCUT2D eigenvalue weighted by Crippen LogP contribution is -2.34. The molecule has 0 N–H and O–H groups in total. The molecule has 2 aromatic heterocycles. The molecular formula is C23H19ClN6O. The number of hydrogen-bond donors (Lipinski definition) is 0. The second kappa shape index (κ2) is 8.25. The average Bonchev–Trinajstić information content (AvgIpc) is 3.35. The van der Waals surface area contributed by atoms with Crippen molar-refractivity contribution in [1.29, 1.82) is 5.26 Å². The Bertz CT molecular complexity index is 1240. The third kappa shape index (κ3) is 4.03. The van der Waals surface area contributed by atoms with E-state index in [0.717, 1.165) is 42.7 Å². The number of ether oxygens (including phenoxy) is 1. The van der Waals surface area contributed by atoms with E-state index in [0.29, 0.717) is 22.5 Å². The van der Waals surface area contributed by atoms with Crippen molar-refractivity contribution in [3.8, 4) is 23.5 Å². The number of piperidine rings is 1. The number of nitrogens with zero attached hydrogens (tertiary/aromatic N) is 6. The number of anilines is 1. The summed E-state index contributed by atoms with van der Waals surface area (Å²) in [6, 6.07) is 17.3. The summed E-state index contributed by atoms with van der Waals surface area (Å²) in [6.07, 6.45) is 5.17. The maximum absolute atomic E-state index is 9.25. The number of rotatable bonds is 4. The van der Waals surface area contributed by atoms with Gasteiger partial charge in [-0.25, -0.2) is 9.67 Å². The van der Waals surface area contributed by atoms with E-state index in [1.165, 1.54) is 0 Å². The Morgan fingerprint density at radius 1 is 1.03 bits per heavy atom. The summed E-state index contributed by atoms with van der Waals surface area (Å²) >= 11 is 5.97. The minimum absolute atomic E-state index is 0.0961. The van der Waals surface area contributed by atoms with Crippen molar-refractivity contribution in [3.63, 3.8) is 0 Å². The zero-order valence-corrected chi connectivity index (χ0v) is 17.4. The predicted molar refractivity (Wildman–Crippen MR) is 119 cm³/mol. The first-order valence-electron chi connectivity index (χ1n) is 10.1. The average molecular weight is 431 g/mol. The highest BCUT2D eigenvalue weighted by Crippen LogP contribution is 2.33. The highest BCUT2D eigenvalue weighted by Gasteiger charge is 2.23. The fourth-order valence-electron chi connectivity index (χ4n) is 3.73. The van der Waals surface area contributed by atoms with Crippen LogP contribution in [0.25, 0.3) is 16.9 Å². The summed E-state index contributed by atoms with van der Waals surface area (Å²) in [5, 5.41) is 15.1. The molecule has 0 unspecified atom stereocenters. The van der Waals surface area contributed by atoms with Crippen molar-refractivity contribution in [2.75, 3.05) is 18.0 Å². The van der Waals surface area contributed by atoms with Crippen molar-refractivity contribution in [2.45, 2.75) is 12.8 Å². The highest BCUT2D eigenvalue weighted by atomic mass is 35.5. The quantitative estimate of drug-likeness (QED) is 0.453.